The molecular weight excluding hydrogens is 683 g/mol. The van der Waals surface area contributed by atoms with Gasteiger partial charge in [-0.15, -0.1) is 0 Å². The zero-order valence-corrected chi connectivity index (χ0v) is 25.6. The van der Waals surface area contributed by atoms with Crippen molar-refractivity contribution in [3.63, 3.8) is 0 Å². The molecule has 0 aromatic heterocycles. The number of methoxy groups -OCH3 is 2. The number of fused-ring (bicyclic) bond motifs is 4. The van der Waals surface area contributed by atoms with Crippen molar-refractivity contribution in [2.24, 2.45) is 11.8 Å². The molecule has 14 heteroatoms. The Bertz CT molecular complexity index is 1380. The summed E-state index contributed by atoms with van der Waals surface area (Å²) in [6, 6.07) is 7.30. The fourth-order valence-corrected chi connectivity index (χ4v) is 7.23. The Labute approximate surface area is 260 Å². The monoisotopic (exact) mass is 714 g/mol. The van der Waals surface area contributed by atoms with Crippen LogP contribution in [0.15, 0.2) is 24.3 Å². The van der Waals surface area contributed by atoms with Crippen molar-refractivity contribution in [1.82, 2.24) is 0 Å². The molecule has 7 rings (SSSR count). The summed E-state index contributed by atoms with van der Waals surface area (Å²) in [7, 11) is 3.05. The van der Waals surface area contributed by atoms with Crippen LogP contribution in [-0.2, 0) is 28.5 Å². The summed E-state index contributed by atoms with van der Waals surface area (Å²) < 4.78 is 57.7. The minimum absolute atomic E-state index is 0.0464. The number of carbonyl (C=O) groups is 1. The Morgan fingerprint density at radius 1 is 0.907 bits per heavy atom. The van der Waals surface area contributed by atoms with Gasteiger partial charge in [-0.1, -0.05) is 0 Å². The zero-order chi connectivity index (χ0) is 30.0. The normalized spacial score (nSPS) is 35.8. The van der Waals surface area contributed by atoms with Crippen LogP contribution in [-0.4, -0.2) is 87.4 Å². The van der Waals surface area contributed by atoms with E-state index in [4.69, 9.17) is 45.7 Å². The third-order valence-electron chi connectivity index (χ3n) is 8.80. The van der Waals surface area contributed by atoms with Gasteiger partial charge in [0.05, 0.1) is 39.5 Å². The fraction of sp³-hybridized carbons (Fsp3) is 0.552. The molecule has 232 valence electrons. The molecule has 0 amide bonds. The van der Waals surface area contributed by atoms with Crippen molar-refractivity contribution in [3.8, 4) is 28.7 Å². The van der Waals surface area contributed by atoms with Crippen LogP contribution in [0, 0.1) is 11.8 Å². The quantitative estimate of drug-likeness (QED) is 0.334. The van der Waals surface area contributed by atoms with Crippen LogP contribution in [0.4, 0.5) is 0 Å². The number of esters is 1. The van der Waals surface area contributed by atoms with E-state index in [9.17, 15) is 15.0 Å². The molecule has 1 aliphatic carbocycles. The lowest BCUT2D eigenvalue weighted by Crippen LogP contribution is -2.63. The lowest BCUT2D eigenvalue weighted by Gasteiger charge is -2.47. The van der Waals surface area contributed by atoms with Gasteiger partial charge in [0.2, 0.25) is 12.5 Å². The highest BCUT2D eigenvalue weighted by Gasteiger charge is 2.56. The minimum Gasteiger partial charge on any atom is -0.493 e. The van der Waals surface area contributed by atoms with Crippen LogP contribution in [0.1, 0.15) is 35.6 Å². The highest BCUT2D eigenvalue weighted by molar-refractivity contribution is 14.1. The molecule has 43 heavy (non-hydrogen) atoms. The Balaban J connectivity index is 1.32. The maximum absolute atomic E-state index is 13.5. The topological polar surface area (TPSA) is 150 Å². The van der Waals surface area contributed by atoms with Gasteiger partial charge in [0, 0.05) is 11.8 Å². The molecular formula is C29H31IO13. The van der Waals surface area contributed by atoms with Gasteiger partial charge in [0.1, 0.15) is 24.4 Å². The second-order valence-electron chi connectivity index (χ2n) is 11.0. The summed E-state index contributed by atoms with van der Waals surface area (Å²) in [4.78, 5) is 13.5. The lowest BCUT2D eigenvalue weighted by atomic mass is 9.66. The first kappa shape index (κ1) is 29.1. The van der Waals surface area contributed by atoms with Crippen molar-refractivity contribution >= 4 is 29.0 Å². The molecule has 10 atom stereocenters. The number of hydrogen-bond acceptors (Lipinski definition) is 13. The number of benzene rings is 2. The predicted molar refractivity (Wildman–Crippen MR) is 151 cm³/mol. The van der Waals surface area contributed by atoms with Crippen molar-refractivity contribution in [2.45, 2.75) is 55.9 Å². The molecule has 4 heterocycles. The van der Waals surface area contributed by atoms with Gasteiger partial charge in [-0.05, 0) is 47.9 Å². The number of ether oxygens (including phenoxy) is 9. The van der Waals surface area contributed by atoms with Crippen molar-refractivity contribution < 1.29 is 60.7 Å². The molecule has 2 N–H and O–H groups in total. The molecule has 0 saturated carbocycles. The Morgan fingerprint density at radius 3 is 2.28 bits per heavy atom. The second kappa shape index (κ2) is 11.4. The lowest BCUT2D eigenvalue weighted by molar-refractivity contribution is -0.364. The van der Waals surface area contributed by atoms with Gasteiger partial charge in [0.25, 0.3) is 0 Å². The van der Waals surface area contributed by atoms with Gasteiger partial charge >= 0.3 is 5.97 Å². The summed E-state index contributed by atoms with van der Waals surface area (Å²) >= 11 is 1.76. The van der Waals surface area contributed by atoms with Gasteiger partial charge < -0.3 is 55.9 Å². The summed E-state index contributed by atoms with van der Waals surface area (Å²) in [5.74, 6) is 0.251. The molecule has 3 fully saturated rings. The molecule has 0 radical (unpaired) electrons. The second-order valence-corrected chi connectivity index (χ2v) is 11.5. The van der Waals surface area contributed by atoms with Crippen LogP contribution in [0.5, 0.6) is 28.7 Å². The van der Waals surface area contributed by atoms with E-state index in [0.29, 0.717) is 34.3 Å². The smallest absolute Gasteiger partial charge is 0.310 e. The van der Waals surface area contributed by atoms with Gasteiger partial charge in [-0.2, -0.15) is 0 Å². The maximum Gasteiger partial charge on any atom is 0.310 e. The molecule has 13 nitrogen and oxygen atoms in total. The first-order chi connectivity index (χ1) is 20.8. The highest BCUT2D eigenvalue weighted by Crippen LogP contribution is 2.57. The van der Waals surface area contributed by atoms with E-state index in [1.807, 2.05) is 24.3 Å². The van der Waals surface area contributed by atoms with Crippen LogP contribution in [0.2, 0.25) is 0 Å². The third kappa shape index (κ3) is 4.78. The molecule has 5 aliphatic rings. The Hall–Kier alpha value is -2.60. The van der Waals surface area contributed by atoms with Gasteiger partial charge in [-0.25, -0.2) is 0 Å². The highest BCUT2D eigenvalue weighted by atomic mass is 127. The standard InChI is InChI=1S/C29H31IO13/c1-11-36-9-20-27(40-11)23(31)24(32)29(41-20)42-25-14-7-17-16(38-10-39-17)6-13(14)21(22-15(25)8-37-28(22)33)12-4-18(34-2)26(43-30)19(5-12)35-3/h4-7,11,15,20-25,27,29,31-32H,8-10H2,1-3H3/t11?,15-,20+,21+,22-,23+,24+,25+,27+,29-/m0/s1. The first-order valence-corrected chi connectivity index (χ1v) is 14.8. The van der Waals surface area contributed by atoms with Crippen LogP contribution < -0.4 is 22.0 Å². The van der Waals surface area contributed by atoms with Crippen molar-refractivity contribution in [3.05, 3.63) is 41.0 Å². The van der Waals surface area contributed by atoms with E-state index in [1.54, 1.807) is 29.9 Å². The number of rotatable bonds is 6. The molecule has 2 aromatic rings. The molecule has 2 aromatic carbocycles. The summed E-state index contributed by atoms with van der Waals surface area (Å²) in [6.07, 6.45) is -6.71. The number of aliphatic hydroxyl groups is 2. The molecule has 3 saturated heterocycles. The van der Waals surface area contributed by atoms with E-state index in [1.165, 1.54) is 14.2 Å². The Kier molecular flexibility index (Phi) is 7.72. The SMILES string of the molecule is COc1cc([C@@H]2c3cc4c(cc3[C@@H](O[C@@H]3O[C@@H]5COC(C)O[C@H]5[C@H](O)[C@H]3O)[C@H]3COC(=O)[C@H]23)OCO4)cc(OC)c1OI. The van der Waals surface area contributed by atoms with Crippen molar-refractivity contribution in [1.29, 1.82) is 0 Å². The number of aliphatic hydroxyl groups excluding tert-OH is 2. The first-order valence-electron chi connectivity index (χ1n) is 13.9. The number of hydrogen-bond donors (Lipinski definition) is 2. The van der Waals surface area contributed by atoms with Crippen LogP contribution in [0.3, 0.4) is 0 Å². The molecule has 0 spiro atoms. The largest absolute Gasteiger partial charge is 0.493 e. The maximum atomic E-state index is 13.5. The number of cyclic esters (lactones) is 1. The van der Waals surface area contributed by atoms with E-state index in [0.717, 1.165) is 11.1 Å². The van der Waals surface area contributed by atoms with Crippen LogP contribution >= 0.6 is 23.0 Å². The predicted octanol–water partition coefficient (Wildman–Crippen LogP) is 2.36. The fourth-order valence-electron chi connectivity index (χ4n) is 6.80. The van der Waals surface area contributed by atoms with Crippen LogP contribution in [0.25, 0.3) is 0 Å². The summed E-state index contributed by atoms with van der Waals surface area (Å²) in [6.45, 7) is 1.99. The summed E-state index contributed by atoms with van der Waals surface area (Å²) in [5.41, 5.74) is 2.18. The third-order valence-corrected chi connectivity index (χ3v) is 9.24. The van der Waals surface area contributed by atoms with E-state index < -0.39 is 66.8 Å². The average Bonchev–Trinajstić information content (AvgIpc) is 3.64. The molecule has 1 unspecified atom stereocenters. The minimum atomic E-state index is -1.42. The van der Waals surface area contributed by atoms with E-state index >= 15 is 0 Å². The number of halogens is 1. The van der Waals surface area contributed by atoms with E-state index in [-0.39, 0.29) is 20.0 Å². The van der Waals surface area contributed by atoms with Crippen molar-refractivity contribution in [2.75, 3.05) is 34.2 Å². The average molecular weight is 714 g/mol. The van der Waals surface area contributed by atoms with E-state index in [2.05, 4.69) is 0 Å². The van der Waals surface area contributed by atoms with Gasteiger partial charge in [0.15, 0.2) is 58.6 Å². The molecule has 0 bridgehead atoms. The van der Waals surface area contributed by atoms with Gasteiger partial charge in [-0.3, -0.25) is 4.79 Å². The summed E-state index contributed by atoms with van der Waals surface area (Å²) in [5, 5.41) is 22.0. The zero-order valence-electron chi connectivity index (χ0n) is 23.5. The molecule has 4 aliphatic heterocycles. The number of carbonyl (C=O) groups excluding carboxylic acids is 1. The Morgan fingerprint density at radius 2 is 1.60 bits per heavy atom.